The maximum atomic E-state index is 12.3. The van der Waals surface area contributed by atoms with E-state index >= 15 is 0 Å². The standard InChI is InChI=1S/C14H22N2O3S/c1-10-5-6-12(15)8-14(10)20(18,19)16-9-11-3-2-4-13(17)7-11/h5-6,8,11,13,16-17H,2-4,7,9,15H2,1H3. The van der Waals surface area contributed by atoms with Crippen LogP contribution in [0, 0.1) is 12.8 Å². The molecular weight excluding hydrogens is 276 g/mol. The summed E-state index contributed by atoms with van der Waals surface area (Å²) in [6.07, 6.45) is 3.09. The highest BCUT2D eigenvalue weighted by Crippen LogP contribution is 2.24. The number of rotatable bonds is 4. The van der Waals surface area contributed by atoms with Crippen LogP contribution in [0.1, 0.15) is 31.2 Å². The first kappa shape index (κ1) is 15.3. The minimum Gasteiger partial charge on any atom is -0.399 e. The maximum Gasteiger partial charge on any atom is 0.240 e. The van der Waals surface area contributed by atoms with Gasteiger partial charge in [0.05, 0.1) is 11.0 Å². The summed E-state index contributed by atoms with van der Waals surface area (Å²) in [6, 6.07) is 4.87. The molecule has 1 saturated carbocycles. The van der Waals surface area contributed by atoms with Gasteiger partial charge in [0.2, 0.25) is 10.0 Å². The molecule has 0 amide bonds. The van der Waals surface area contributed by atoms with E-state index in [1.165, 1.54) is 6.07 Å². The molecule has 4 N–H and O–H groups in total. The van der Waals surface area contributed by atoms with E-state index in [-0.39, 0.29) is 16.9 Å². The Balaban J connectivity index is 2.05. The van der Waals surface area contributed by atoms with E-state index in [0.29, 0.717) is 24.2 Å². The molecule has 0 aliphatic heterocycles. The molecule has 0 radical (unpaired) electrons. The van der Waals surface area contributed by atoms with E-state index in [1.807, 2.05) is 0 Å². The van der Waals surface area contributed by atoms with Crippen molar-refractivity contribution in [3.8, 4) is 0 Å². The van der Waals surface area contributed by atoms with Gasteiger partial charge in [-0.3, -0.25) is 0 Å². The van der Waals surface area contributed by atoms with Crippen molar-refractivity contribution in [3.63, 3.8) is 0 Å². The van der Waals surface area contributed by atoms with Crippen LogP contribution >= 0.6 is 0 Å². The lowest BCUT2D eigenvalue weighted by atomic mass is 9.87. The summed E-state index contributed by atoms with van der Waals surface area (Å²) in [5, 5.41) is 9.61. The highest BCUT2D eigenvalue weighted by Gasteiger charge is 2.23. The lowest BCUT2D eigenvalue weighted by Gasteiger charge is -2.26. The van der Waals surface area contributed by atoms with Crippen LogP contribution < -0.4 is 10.5 Å². The van der Waals surface area contributed by atoms with Crippen LogP contribution in [0.25, 0.3) is 0 Å². The number of nitrogens with one attached hydrogen (secondary N) is 1. The molecule has 20 heavy (non-hydrogen) atoms. The van der Waals surface area contributed by atoms with Crippen molar-refractivity contribution in [3.05, 3.63) is 23.8 Å². The zero-order valence-electron chi connectivity index (χ0n) is 11.7. The second-order valence-electron chi connectivity index (χ2n) is 5.56. The van der Waals surface area contributed by atoms with Crippen molar-refractivity contribution in [2.24, 2.45) is 5.92 Å². The van der Waals surface area contributed by atoms with Crippen molar-refractivity contribution in [2.75, 3.05) is 12.3 Å². The van der Waals surface area contributed by atoms with Gasteiger partial charge in [-0.2, -0.15) is 0 Å². The van der Waals surface area contributed by atoms with E-state index in [1.54, 1.807) is 19.1 Å². The number of nitrogens with two attached hydrogens (primary N) is 1. The molecular formula is C14H22N2O3S. The Morgan fingerprint density at radius 2 is 2.15 bits per heavy atom. The quantitative estimate of drug-likeness (QED) is 0.733. The molecule has 112 valence electrons. The number of anilines is 1. The zero-order valence-corrected chi connectivity index (χ0v) is 12.5. The number of aliphatic hydroxyl groups excluding tert-OH is 1. The van der Waals surface area contributed by atoms with Gasteiger partial charge < -0.3 is 10.8 Å². The van der Waals surface area contributed by atoms with Gasteiger partial charge in [-0.25, -0.2) is 13.1 Å². The SMILES string of the molecule is Cc1ccc(N)cc1S(=O)(=O)NCC1CCCC(O)C1. The third-order valence-electron chi connectivity index (χ3n) is 3.82. The zero-order chi connectivity index (χ0) is 14.8. The average Bonchev–Trinajstić information content (AvgIpc) is 2.39. The Kier molecular flexibility index (Phi) is 4.67. The molecule has 2 atom stereocenters. The minimum absolute atomic E-state index is 0.204. The summed E-state index contributed by atoms with van der Waals surface area (Å²) in [5.74, 6) is 0.204. The second-order valence-corrected chi connectivity index (χ2v) is 7.30. The first-order chi connectivity index (χ1) is 9.38. The molecule has 0 heterocycles. The maximum absolute atomic E-state index is 12.3. The van der Waals surface area contributed by atoms with Crippen LogP contribution in [-0.2, 0) is 10.0 Å². The Morgan fingerprint density at radius 1 is 1.40 bits per heavy atom. The number of hydrogen-bond donors (Lipinski definition) is 3. The average molecular weight is 298 g/mol. The predicted molar refractivity (Wildman–Crippen MR) is 78.7 cm³/mol. The van der Waals surface area contributed by atoms with Crippen molar-refractivity contribution in [2.45, 2.75) is 43.6 Å². The molecule has 2 rings (SSSR count). The lowest BCUT2D eigenvalue weighted by molar-refractivity contribution is 0.102. The highest BCUT2D eigenvalue weighted by molar-refractivity contribution is 7.89. The molecule has 1 aliphatic rings. The first-order valence-corrected chi connectivity index (χ1v) is 8.40. The summed E-state index contributed by atoms with van der Waals surface area (Å²) in [6.45, 7) is 2.12. The number of benzene rings is 1. The topological polar surface area (TPSA) is 92.4 Å². The van der Waals surface area contributed by atoms with Crippen LogP contribution in [0.15, 0.2) is 23.1 Å². The monoisotopic (exact) mass is 298 g/mol. The van der Waals surface area contributed by atoms with Crippen molar-refractivity contribution >= 4 is 15.7 Å². The van der Waals surface area contributed by atoms with E-state index in [4.69, 9.17) is 5.73 Å². The van der Waals surface area contributed by atoms with E-state index in [9.17, 15) is 13.5 Å². The Bertz CT molecular complexity index is 572. The fourth-order valence-corrected chi connectivity index (χ4v) is 4.05. The van der Waals surface area contributed by atoms with Crippen LogP contribution in [0.3, 0.4) is 0 Å². The third-order valence-corrected chi connectivity index (χ3v) is 5.38. The number of hydrogen-bond acceptors (Lipinski definition) is 4. The Hall–Kier alpha value is -1.11. The van der Waals surface area contributed by atoms with Gasteiger partial charge in [0, 0.05) is 12.2 Å². The molecule has 0 saturated heterocycles. The minimum atomic E-state index is -3.54. The first-order valence-electron chi connectivity index (χ1n) is 6.92. The summed E-state index contributed by atoms with van der Waals surface area (Å²) in [5.41, 5.74) is 6.77. The number of sulfonamides is 1. The molecule has 0 spiro atoms. The normalized spacial score (nSPS) is 23.7. The van der Waals surface area contributed by atoms with E-state index in [2.05, 4.69) is 4.72 Å². The summed E-state index contributed by atoms with van der Waals surface area (Å²) >= 11 is 0. The van der Waals surface area contributed by atoms with Gasteiger partial charge in [-0.1, -0.05) is 12.5 Å². The van der Waals surface area contributed by atoms with Gasteiger partial charge >= 0.3 is 0 Å². The predicted octanol–water partition coefficient (Wildman–Crippen LogP) is 1.41. The largest absolute Gasteiger partial charge is 0.399 e. The van der Waals surface area contributed by atoms with E-state index in [0.717, 1.165) is 19.3 Å². The Morgan fingerprint density at radius 3 is 2.85 bits per heavy atom. The van der Waals surface area contributed by atoms with Gasteiger partial charge in [-0.15, -0.1) is 0 Å². The van der Waals surface area contributed by atoms with E-state index < -0.39 is 10.0 Å². The number of aliphatic hydroxyl groups is 1. The van der Waals surface area contributed by atoms with Crippen LogP contribution in [0.4, 0.5) is 5.69 Å². The summed E-state index contributed by atoms with van der Waals surface area (Å²) in [7, 11) is -3.54. The van der Waals surface area contributed by atoms with Crippen molar-refractivity contribution in [1.29, 1.82) is 0 Å². The smallest absolute Gasteiger partial charge is 0.240 e. The summed E-state index contributed by atoms with van der Waals surface area (Å²) in [4.78, 5) is 0.230. The van der Waals surface area contributed by atoms with Gasteiger partial charge in [0.15, 0.2) is 0 Å². The van der Waals surface area contributed by atoms with Gasteiger partial charge in [-0.05, 0) is 49.8 Å². The highest BCUT2D eigenvalue weighted by atomic mass is 32.2. The van der Waals surface area contributed by atoms with Crippen LogP contribution in [0.2, 0.25) is 0 Å². The molecule has 6 heteroatoms. The number of nitrogen functional groups attached to an aromatic ring is 1. The molecule has 0 bridgehead atoms. The van der Waals surface area contributed by atoms with Gasteiger partial charge in [0.1, 0.15) is 0 Å². The molecule has 1 aliphatic carbocycles. The fourth-order valence-electron chi connectivity index (χ4n) is 2.66. The van der Waals surface area contributed by atoms with Crippen LogP contribution in [-0.4, -0.2) is 26.2 Å². The molecule has 1 aromatic rings. The summed E-state index contributed by atoms with van der Waals surface area (Å²) < 4.78 is 27.2. The molecule has 5 nitrogen and oxygen atoms in total. The second kappa shape index (κ2) is 6.11. The fraction of sp³-hybridized carbons (Fsp3) is 0.571. The Labute approximate surface area is 120 Å². The molecule has 1 aromatic carbocycles. The van der Waals surface area contributed by atoms with Crippen molar-refractivity contribution in [1.82, 2.24) is 4.72 Å². The molecule has 2 unspecified atom stereocenters. The molecule has 1 fully saturated rings. The third kappa shape index (κ3) is 3.71. The van der Waals surface area contributed by atoms with Crippen molar-refractivity contribution < 1.29 is 13.5 Å². The van der Waals surface area contributed by atoms with Crippen LogP contribution in [0.5, 0.6) is 0 Å². The number of aryl methyl sites for hydroxylation is 1. The lowest BCUT2D eigenvalue weighted by Crippen LogP contribution is -2.33. The van der Waals surface area contributed by atoms with Gasteiger partial charge in [0.25, 0.3) is 0 Å². The molecule has 0 aromatic heterocycles.